The van der Waals surface area contributed by atoms with Crippen molar-refractivity contribution in [2.45, 2.75) is 19.5 Å². The average Bonchev–Trinajstić information content (AvgIpc) is 2.72. The van der Waals surface area contributed by atoms with Crippen molar-refractivity contribution in [3.05, 3.63) is 66.0 Å². The Bertz CT molecular complexity index is 859. The molecule has 2 aromatic carbocycles. The first kappa shape index (κ1) is 16.9. The molecule has 1 N–H and O–H groups in total. The molecule has 5 heteroatoms. The zero-order chi connectivity index (χ0) is 17.8. The third-order valence-corrected chi connectivity index (χ3v) is 4.87. The molecule has 0 unspecified atom stereocenters. The van der Waals surface area contributed by atoms with E-state index in [1.807, 2.05) is 12.4 Å². The summed E-state index contributed by atoms with van der Waals surface area (Å²) in [6, 6.07) is 15.3. The van der Waals surface area contributed by atoms with Crippen LogP contribution in [0.15, 0.2) is 54.9 Å². The summed E-state index contributed by atoms with van der Waals surface area (Å²) in [5, 5.41) is 6.11. The maximum atomic E-state index is 5.37. The van der Waals surface area contributed by atoms with Gasteiger partial charge in [-0.2, -0.15) is 0 Å². The maximum Gasteiger partial charge on any atom is 0.225 e. The number of rotatable bonds is 5. The standard InChI is InChI=1S/C21H24N4O/c1-16(19-7-6-18-4-2-3-5-20(18)12-19)22-13-17-14-23-21(24-15-17)25-8-10-26-11-9-25/h2-7,12,14-16,22H,8-11,13H2,1H3/t16-/m1/s1. The predicted molar refractivity (Wildman–Crippen MR) is 104 cm³/mol. The van der Waals surface area contributed by atoms with Crippen molar-refractivity contribution < 1.29 is 4.74 Å². The Morgan fingerprint density at radius 1 is 1.04 bits per heavy atom. The van der Waals surface area contributed by atoms with Gasteiger partial charge in [-0.3, -0.25) is 0 Å². The molecular formula is C21H24N4O. The van der Waals surface area contributed by atoms with E-state index in [0.717, 1.165) is 44.4 Å². The van der Waals surface area contributed by atoms with Gasteiger partial charge in [0.25, 0.3) is 0 Å². The zero-order valence-corrected chi connectivity index (χ0v) is 15.1. The minimum absolute atomic E-state index is 0.263. The SMILES string of the molecule is C[C@@H](NCc1cnc(N2CCOCC2)nc1)c1ccc2ccccc2c1. The molecule has 3 aromatic rings. The van der Waals surface area contributed by atoms with Gasteiger partial charge in [-0.15, -0.1) is 0 Å². The molecule has 0 amide bonds. The van der Waals surface area contributed by atoms with E-state index in [9.17, 15) is 0 Å². The number of anilines is 1. The van der Waals surface area contributed by atoms with Crippen molar-refractivity contribution in [1.82, 2.24) is 15.3 Å². The van der Waals surface area contributed by atoms with Crippen LogP contribution in [0.5, 0.6) is 0 Å². The minimum Gasteiger partial charge on any atom is -0.378 e. The molecule has 5 nitrogen and oxygen atoms in total. The largest absolute Gasteiger partial charge is 0.378 e. The molecule has 0 radical (unpaired) electrons. The van der Waals surface area contributed by atoms with Crippen LogP contribution in [0, 0.1) is 0 Å². The van der Waals surface area contributed by atoms with E-state index in [4.69, 9.17) is 4.74 Å². The van der Waals surface area contributed by atoms with Crippen LogP contribution in [0.1, 0.15) is 24.1 Å². The predicted octanol–water partition coefficient (Wildman–Crippen LogP) is 3.32. The molecule has 26 heavy (non-hydrogen) atoms. The lowest BCUT2D eigenvalue weighted by atomic mass is 10.0. The van der Waals surface area contributed by atoms with Crippen LogP contribution in [-0.4, -0.2) is 36.3 Å². The highest BCUT2D eigenvalue weighted by atomic mass is 16.5. The fourth-order valence-corrected chi connectivity index (χ4v) is 3.23. The van der Waals surface area contributed by atoms with Crippen molar-refractivity contribution in [2.24, 2.45) is 0 Å². The lowest BCUT2D eigenvalue weighted by molar-refractivity contribution is 0.122. The molecule has 0 spiro atoms. The lowest BCUT2D eigenvalue weighted by Gasteiger charge is -2.26. The van der Waals surface area contributed by atoms with E-state index in [1.54, 1.807) is 0 Å². The Kier molecular flexibility index (Phi) is 5.09. The molecule has 1 fully saturated rings. The highest BCUT2D eigenvalue weighted by Gasteiger charge is 2.13. The van der Waals surface area contributed by atoms with E-state index in [-0.39, 0.29) is 6.04 Å². The number of fused-ring (bicyclic) bond motifs is 1. The van der Waals surface area contributed by atoms with Crippen LogP contribution in [0.3, 0.4) is 0 Å². The van der Waals surface area contributed by atoms with Gasteiger partial charge >= 0.3 is 0 Å². The summed E-state index contributed by atoms with van der Waals surface area (Å²) in [6.45, 7) is 6.14. The number of morpholine rings is 1. The normalized spacial score (nSPS) is 16.0. The second kappa shape index (κ2) is 7.81. The Morgan fingerprint density at radius 3 is 2.54 bits per heavy atom. The number of hydrogen-bond acceptors (Lipinski definition) is 5. The van der Waals surface area contributed by atoms with E-state index in [2.05, 4.69) is 69.6 Å². The summed E-state index contributed by atoms with van der Waals surface area (Å²) >= 11 is 0. The van der Waals surface area contributed by atoms with Gasteiger partial charge in [0.15, 0.2) is 0 Å². The molecule has 1 saturated heterocycles. The lowest BCUT2D eigenvalue weighted by Crippen LogP contribution is -2.37. The molecule has 1 aromatic heterocycles. The molecular weight excluding hydrogens is 324 g/mol. The van der Waals surface area contributed by atoms with E-state index >= 15 is 0 Å². The highest BCUT2D eigenvalue weighted by Crippen LogP contribution is 2.20. The number of hydrogen-bond donors (Lipinski definition) is 1. The second-order valence-corrected chi connectivity index (χ2v) is 6.70. The Morgan fingerprint density at radius 2 is 1.77 bits per heavy atom. The van der Waals surface area contributed by atoms with Crippen molar-refractivity contribution >= 4 is 16.7 Å². The number of ether oxygens (including phenoxy) is 1. The highest BCUT2D eigenvalue weighted by molar-refractivity contribution is 5.83. The number of nitrogens with one attached hydrogen (secondary N) is 1. The Balaban J connectivity index is 1.38. The van der Waals surface area contributed by atoms with Crippen molar-refractivity contribution in [1.29, 1.82) is 0 Å². The van der Waals surface area contributed by atoms with Crippen LogP contribution in [0.4, 0.5) is 5.95 Å². The second-order valence-electron chi connectivity index (χ2n) is 6.70. The Labute approximate surface area is 154 Å². The van der Waals surface area contributed by atoms with Crippen LogP contribution in [0.2, 0.25) is 0 Å². The molecule has 1 atom stereocenters. The van der Waals surface area contributed by atoms with Crippen molar-refractivity contribution in [3.8, 4) is 0 Å². The zero-order valence-electron chi connectivity index (χ0n) is 15.1. The first-order valence-corrected chi connectivity index (χ1v) is 9.15. The van der Waals surface area contributed by atoms with Gasteiger partial charge in [0, 0.05) is 43.6 Å². The molecule has 1 aliphatic rings. The molecule has 0 aliphatic carbocycles. The summed E-state index contributed by atoms with van der Waals surface area (Å²) in [4.78, 5) is 11.2. The smallest absolute Gasteiger partial charge is 0.225 e. The first-order valence-electron chi connectivity index (χ1n) is 9.15. The van der Waals surface area contributed by atoms with Crippen LogP contribution < -0.4 is 10.2 Å². The molecule has 1 aliphatic heterocycles. The molecule has 2 heterocycles. The third-order valence-electron chi connectivity index (χ3n) is 4.87. The summed E-state index contributed by atoms with van der Waals surface area (Å²) in [6.07, 6.45) is 3.83. The molecule has 0 bridgehead atoms. The Hall–Kier alpha value is -2.50. The van der Waals surface area contributed by atoms with E-state index in [1.165, 1.54) is 16.3 Å². The molecule has 4 rings (SSSR count). The van der Waals surface area contributed by atoms with Gasteiger partial charge in [0.2, 0.25) is 5.95 Å². The van der Waals surface area contributed by atoms with Crippen molar-refractivity contribution in [2.75, 3.05) is 31.2 Å². The van der Waals surface area contributed by atoms with Gasteiger partial charge in [-0.25, -0.2) is 9.97 Å². The van der Waals surface area contributed by atoms with Crippen molar-refractivity contribution in [3.63, 3.8) is 0 Å². The first-order chi connectivity index (χ1) is 12.8. The quantitative estimate of drug-likeness (QED) is 0.766. The monoisotopic (exact) mass is 348 g/mol. The van der Waals surface area contributed by atoms with Gasteiger partial charge in [0.05, 0.1) is 13.2 Å². The van der Waals surface area contributed by atoms with Crippen LogP contribution in [0.25, 0.3) is 10.8 Å². The summed E-state index contributed by atoms with van der Waals surface area (Å²) in [7, 11) is 0. The number of nitrogens with zero attached hydrogens (tertiary/aromatic N) is 3. The van der Waals surface area contributed by atoms with Crippen LogP contribution in [-0.2, 0) is 11.3 Å². The van der Waals surface area contributed by atoms with Gasteiger partial charge < -0.3 is 15.0 Å². The average molecular weight is 348 g/mol. The van der Waals surface area contributed by atoms with E-state index < -0.39 is 0 Å². The summed E-state index contributed by atoms with van der Waals surface area (Å²) in [5.41, 5.74) is 2.38. The summed E-state index contributed by atoms with van der Waals surface area (Å²) in [5.74, 6) is 0.791. The molecule has 134 valence electrons. The fraction of sp³-hybridized carbons (Fsp3) is 0.333. The summed E-state index contributed by atoms with van der Waals surface area (Å²) < 4.78 is 5.37. The van der Waals surface area contributed by atoms with Gasteiger partial charge in [0.1, 0.15) is 0 Å². The fourth-order valence-electron chi connectivity index (χ4n) is 3.23. The van der Waals surface area contributed by atoms with E-state index in [0.29, 0.717) is 0 Å². The third kappa shape index (κ3) is 3.84. The van der Waals surface area contributed by atoms with Crippen LogP contribution >= 0.6 is 0 Å². The maximum absolute atomic E-state index is 5.37. The van der Waals surface area contributed by atoms with Gasteiger partial charge in [-0.1, -0.05) is 36.4 Å². The number of aromatic nitrogens is 2. The topological polar surface area (TPSA) is 50.3 Å². The van der Waals surface area contributed by atoms with Gasteiger partial charge in [-0.05, 0) is 29.3 Å². The minimum atomic E-state index is 0.263. The molecule has 0 saturated carbocycles. The number of benzene rings is 2.